The highest BCUT2D eigenvalue weighted by atomic mass is 35.5. The predicted octanol–water partition coefficient (Wildman–Crippen LogP) is 7.80. The van der Waals surface area contributed by atoms with Crippen LogP contribution in [0, 0.1) is 13.8 Å². The van der Waals surface area contributed by atoms with Crippen molar-refractivity contribution in [1.29, 1.82) is 0 Å². The van der Waals surface area contributed by atoms with Crippen molar-refractivity contribution in [2.75, 3.05) is 0 Å². The summed E-state index contributed by atoms with van der Waals surface area (Å²) in [5, 5.41) is 0.420. The largest absolute Gasteiger partial charge is 0.293 e. The van der Waals surface area contributed by atoms with Crippen molar-refractivity contribution in [3.8, 4) is 0 Å². The van der Waals surface area contributed by atoms with E-state index in [0.717, 1.165) is 16.7 Å². The van der Waals surface area contributed by atoms with E-state index in [2.05, 4.69) is 20.8 Å². The number of hydrogen-bond acceptors (Lipinski definition) is 3. The van der Waals surface area contributed by atoms with Crippen LogP contribution in [0.3, 0.4) is 0 Å². The van der Waals surface area contributed by atoms with Gasteiger partial charge in [0, 0.05) is 10.6 Å². The molecule has 0 fully saturated rings. The minimum atomic E-state index is -2.53. The molecule has 7 heteroatoms. The molecule has 0 saturated heterocycles. The standard InChI is InChI=1S/C22H23Cl3O3P/c1-11-7-14(22(4,5)6)8-12(2)18(11)21(27)29(28)13(3)20(26)19-16(24)9-15(23)10-17(19)25/h7-10,13H,1-6H3. The number of carbonyl (C=O) groups excluding carboxylic acids is 2. The van der Waals surface area contributed by atoms with Crippen molar-refractivity contribution in [3.05, 3.63) is 67.2 Å². The van der Waals surface area contributed by atoms with Gasteiger partial charge in [0.05, 0.1) is 21.3 Å². The van der Waals surface area contributed by atoms with E-state index >= 15 is 0 Å². The van der Waals surface area contributed by atoms with E-state index in [1.54, 1.807) is 0 Å². The number of rotatable bonds is 5. The lowest BCUT2D eigenvalue weighted by atomic mass is 9.84. The molecule has 2 atom stereocenters. The maximum atomic E-state index is 13.0. The molecule has 0 N–H and O–H groups in total. The molecule has 155 valence electrons. The molecule has 0 heterocycles. The summed E-state index contributed by atoms with van der Waals surface area (Å²) in [5.41, 5.74) is 1.29. The average molecular weight is 473 g/mol. The van der Waals surface area contributed by atoms with E-state index in [9.17, 15) is 14.2 Å². The number of hydrogen-bond donors (Lipinski definition) is 0. The fraction of sp³-hybridized carbons (Fsp3) is 0.364. The Bertz CT molecular complexity index is 976. The maximum absolute atomic E-state index is 13.0. The molecule has 0 spiro atoms. The second-order valence-corrected chi connectivity index (χ2v) is 11.2. The summed E-state index contributed by atoms with van der Waals surface area (Å²) >= 11 is 18.1. The van der Waals surface area contributed by atoms with Gasteiger partial charge in [0.2, 0.25) is 5.52 Å². The summed E-state index contributed by atoms with van der Waals surface area (Å²) in [7, 11) is -2.53. The third-order valence-corrected chi connectivity index (χ3v) is 7.17. The molecule has 0 saturated carbocycles. The number of aryl methyl sites for hydroxylation is 2. The zero-order valence-electron chi connectivity index (χ0n) is 17.2. The van der Waals surface area contributed by atoms with Crippen LogP contribution in [-0.4, -0.2) is 17.0 Å². The zero-order valence-corrected chi connectivity index (χ0v) is 20.4. The van der Waals surface area contributed by atoms with Gasteiger partial charge in [-0.3, -0.25) is 14.2 Å². The van der Waals surface area contributed by atoms with Crippen molar-refractivity contribution in [2.24, 2.45) is 0 Å². The second-order valence-electron chi connectivity index (χ2n) is 8.15. The average Bonchev–Trinajstić information content (AvgIpc) is 2.57. The number of benzene rings is 2. The number of carbonyl (C=O) groups is 2. The molecule has 3 nitrogen and oxygen atoms in total. The van der Waals surface area contributed by atoms with Crippen LogP contribution in [0.5, 0.6) is 0 Å². The van der Waals surface area contributed by atoms with E-state index in [4.69, 9.17) is 34.8 Å². The van der Waals surface area contributed by atoms with Crippen LogP contribution < -0.4 is 0 Å². The predicted molar refractivity (Wildman–Crippen MR) is 122 cm³/mol. The van der Waals surface area contributed by atoms with Gasteiger partial charge in [0.1, 0.15) is 0 Å². The molecular formula is C22H23Cl3O3P. The maximum Gasteiger partial charge on any atom is 0.243 e. The van der Waals surface area contributed by atoms with Gasteiger partial charge in [-0.1, -0.05) is 67.7 Å². The highest BCUT2D eigenvalue weighted by Gasteiger charge is 2.32. The molecule has 29 heavy (non-hydrogen) atoms. The molecule has 2 aromatic rings. The topological polar surface area (TPSA) is 51.2 Å². The number of ketones is 1. The Kier molecular flexibility index (Phi) is 7.34. The Morgan fingerprint density at radius 1 is 0.897 bits per heavy atom. The molecule has 1 radical (unpaired) electrons. The first-order valence-corrected chi connectivity index (χ1v) is 11.5. The Morgan fingerprint density at radius 2 is 1.34 bits per heavy atom. The summed E-state index contributed by atoms with van der Waals surface area (Å²) in [6.45, 7) is 11.3. The summed E-state index contributed by atoms with van der Waals surface area (Å²) in [6, 6.07) is 6.65. The lowest BCUT2D eigenvalue weighted by Gasteiger charge is -2.22. The third-order valence-electron chi connectivity index (χ3n) is 4.80. The smallest absolute Gasteiger partial charge is 0.243 e. The normalized spacial score (nSPS) is 13.2. The number of Topliss-reactive ketones (excluding diaryl/α,β-unsaturated/α-hetero) is 1. The Balaban J connectivity index is 2.40. The summed E-state index contributed by atoms with van der Waals surface area (Å²) in [6.07, 6.45) is 0. The van der Waals surface area contributed by atoms with Crippen molar-refractivity contribution in [3.63, 3.8) is 0 Å². The Morgan fingerprint density at radius 3 is 1.76 bits per heavy atom. The molecule has 0 bridgehead atoms. The van der Waals surface area contributed by atoms with E-state index in [0.29, 0.717) is 5.56 Å². The van der Waals surface area contributed by atoms with E-state index in [1.807, 2.05) is 26.0 Å². The molecule has 0 amide bonds. The van der Waals surface area contributed by atoms with Crippen molar-refractivity contribution in [1.82, 2.24) is 0 Å². The number of halogens is 3. The van der Waals surface area contributed by atoms with E-state index in [1.165, 1.54) is 19.1 Å². The van der Waals surface area contributed by atoms with Crippen LogP contribution in [0.2, 0.25) is 15.1 Å². The summed E-state index contributed by atoms with van der Waals surface area (Å²) < 4.78 is 13.0. The van der Waals surface area contributed by atoms with Crippen LogP contribution in [-0.2, 0) is 9.98 Å². The molecule has 0 aliphatic rings. The minimum Gasteiger partial charge on any atom is -0.293 e. The van der Waals surface area contributed by atoms with Gasteiger partial charge in [-0.05, 0) is 55.0 Å². The van der Waals surface area contributed by atoms with E-state index < -0.39 is 24.8 Å². The first kappa shape index (κ1) is 24.0. The van der Waals surface area contributed by atoms with Crippen molar-refractivity contribution >= 4 is 53.9 Å². The third kappa shape index (κ3) is 5.09. The Hall–Kier alpha value is -1.25. The van der Waals surface area contributed by atoms with Crippen LogP contribution in [0.4, 0.5) is 0 Å². The van der Waals surface area contributed by atoms with Crippen LogP contribution in [0.15, 0.2) is 24.3 Å². The molecule has 2 unspecified atom stereocenters. The summed E-state index contributed by atoms with van der Waals surface area (Å²) in [5.74, 6) is -0.548. The lowest BCUT2D eigenvalue weighted by molar-refractivity contribution is 0.0982. The molecule has 0 aliphatic carbocycles. The van der Waals surface area contributed by atoms with Crippen molar-refractivity contribution < 1.29 is 14.2 Å². The molecule has 0 aromatic heterocycles. The SMILES string of the molecule is Cc1cc(C(C)(C)C)cc(C)c1C(=O)[P](=O)C(C)C(=O)c1c(Cl)cc(Cl)cc1Cl. The van der Waals surface area contributed by atoms with Crippen LogP contribution in [0.25, 0.3) is 0 Å². The first-order chi connectivity index (χ1) is 13.3. The fourth-order valence-corrected chi connectivity index (χ4v) is 5.38. The summed E-state index contributed by atoms with van der Waals surface area (Å²) in [4.78, 5) is 25.9. The van der Waals surface area contributed by atoms with Gasteiger partial charge in [0.25, 0.3) is 0 Å². The van der Waals surface area contributed by atoms with Gasteiger partial charge in [-0.25, -0.2) is 0 Å². The van der Waals surface area contributed by atoms with Gasteiger partial charge in [-0.15, -0.1) is 0 Å². The lowest BCUT2D eigenvalue weighted by Crippen LogP contribution is -2.18. The van der Waals surface area contributed by atoms with Gasteiger partial charge >= 0.3 is 0 Å². The highest BCUT2D eigenvalue weighted by molar-refractivity contribution is 7.66. The van der Waals surface area contributed by atoms with E-state index in [-0.39, 0.29) is 26.0 Å². The molecular weight excluding hydrogens is 450 g/mol. The highest BCUT2D eigenvalue weighted by Crippen LogP contribution is 2.40. The second kappa shape index (κ2) is 8.86. The van der Waals surface area contributed by atoms with Gasteiger partial charge < -0.3 is 0 Å². The first-order valence-electron chi connectivity index (χ1n) is 9.07. The fourth-order valence-electron chi connectivity index (χ4n) is 3.11. The molecule has 0 aliphatic heterocycles. The zero-order chi connectivity index (χ0) is 22.3. The van der Waals surface area contributed by atoms with Crippen LogP contribution in [0.1, 0.15) is 65.1 Å². The van der Waals surface area contributed by atoms with Crippen LogP contribution >= 0.6 is 42.6 Å². The van der Waals surface area contributed by atoms with Gasteiger partial charge in [-0.2, -0.15) is 0 Å². The minimum absolute atomic E-state index is 0.0258. The van der Waals surface area contributed by atoms with Gasteiger partial charge in [0.15, 0.2) is 13.6 Å². The monoisotopic (exact) mass is 471 g/mol. The quantitative estimate of drug-likeness (QED) is 0.329. The molecule has 2 rings (SSSR count). The molecule has 2 aromatic carbocycles. The Labute approximate surface area is 187 Å². The van der Waals surface area contributed by atoms with Crippen molar-refractivity contribution in [2.45, 2.75) is 52.6 Å².